The van der Waals surface area contributed by atoms with E-state index in [1.807, 2.05) is 5.38 Å². The van der Waals surface area contributed by atoms with Crippen molar-refractivity contribution in [3.05, 3.63) is 16.6 Å². The molecule has 1 aromatic rings. The van der Waals surface area contributed by atoms with E-state index < -0.39 is 5.79 Å². The molecule has 0 saturated carbocycles. The third kappa shape index (κ3) is 1.04. The smallest absolute Gasteiger partial charge is 0.230 e. The first-order chi connectivity index (χ1) is 5.70. The summed E-state index contributed by atoms with van der Waals surface area (Å²) in [5, 5.41) is 13.1. The van der Waals surface area contributed by atoms with Crippen molar-refractivity contribution < 1.29 is 0 Å². The Labute approximate surface area is 72.0 Å². The lowest BCUT2D eigenvalue weighted by Crippen LogP contribution is -2.53. The summed E-state index contributed by atoms with van der Waals surface area (Å²) >= 11 is 1.40. The standard InChI is InChI=1S/C5H6N6S/c6-5(7)3(9-11-10-5)4-8-1-2-12-4/h1-2H,6-7H2. The van der Waals surface area contributed by atoms with Gasteiger partial charge in [0.25, 0.3) is 0 Å². The highest BCUT2D eigenvalue weighted by Crippen LogP contribution is 2.17. The molecule has 2 heterocycles. The van der Waals surface area contributed by atoms with Crippen molar-refractivity contribution in [2.45, 2.75) is 5.79 Å². The minimum absolute atomic E-state index is 0.414. The van der Waals surface area contributed by atoms with Gasteiger partial charge in [-0.1, -0.05) is 0 Å². The van der Waals surface area contributed by atoms with Crippen LogP contribution >= 0.6 is 11.3 Å². The van der Waals surface area contributed by atoms with Crippen LogP contribution in [0.5, 0.6) is 0 Å². The molecule has 4 N–H and O–H groups in total. The molecule has 12 heavy (non-hydrogen) atoms. The van der Waals surface area contributed by atoms with Crippen LogP contribution in [0, 0.1) is 0 Å². The van der Waals surface area contributed by atoms with Gasteiger partial charge < -0.3 is 0 Å². The fraction of sp³-hybridized carbons (Fsp3) is 0.200. The number of hydrogen-bond donors (Lipinski definition) is 2. The number of aromatic nitrogens is 1. The zero-order valence-electron chi connectivity index (χ0n) is 6.01. The quantitative estimate of drug-likeness (QED) is 0.592. The first-order valence-corrected chi connectivity index (χ1v) is 4.06. The van der Waals surface area contributed by atoms with E-state index in [1.165, 1.54) is 11.3 Å². The van der Waals surface area contributed by atoms with Gasteiger partial charge >= 0.3 is 0 Å². The Bertz CT molecular complexity index is 337. The summed E-state index contributed by atoms with van der Waals surface area (Å²) < 4.78 is 0. The molecule has 0 aromatic carbocycles. The summed E-state index contributed by atoms with van der Waals surface area (Å²) in [5.41, 5.74) is 11.5. The number of nitrogens with two attached hydrogens (primary N) is 2. The number of rotatable bonds is 1. The van der Waals surface area contributed by atoms with Gasteiger partial charge in [0.15, 0.2) is 5.71 Å². The van der Waals surface area contributed by atoms with Crippen LogP contribution in [0.15, 0.2) is 27.0 Å². The molecule has 1 aliphatic heterocycles. The zero-order chi connectivity index (χ0) is 8.60. The van der Waals surface area contributed by atoms with Crippen molar-refractivity contribution >= 4 is 17.0 Å². The number of hydrogen-bond acceptors (Lipinski definition) is 7. The Hall–Kier alpha value is -1.18. The Kier molecular flexibility index (Phi) is 1.50. The fourth-order valence-corrected chi connectivity index (χ4v) is 1.51. The Morgan fingerprint density at radius 2 is 2.25 bits per heavy atom. The molecule has 0 saturated heterocycles. The van der Waals surface area contributed by atoms with Crippen LogP contribution < -0.4 is 11.5 Å². The van der Waals surface area contributed by atoms with Crippen LogP contribution in [0.2, 0.25) is 0 Å². The average Bonchev–Trinajstić information content (AvgIpc) is 2.55. The average molecular weight is 182 g/mol. The second kappa shape index (κ2) is 2.41. The SMILES string of the molecule is NC1(N)N=NN=C1c1nccs1. The first-order valence-electron chi connectivity index (χ1n) is 3.18. The third-order valence-electron chi connectivity index (χ3n) is 1.37. The molecule has 1 aliphatic rings. The molecular formula is C5H6N6S. The lowest BCUT2D eigenvalue weighted by molar-refractivity contribution is 0.613. The van der Waals surface area contributed by atoms with Crippen molar-refractivity contribution in [1.82, 2.24) is 4.98 Å². The van der Waals surface area contributed by atoms with Gasteiger partial charge in [-0.15, -0.1) is 21.6 Å². The summed E-state index contributed by atoms with van der Waals surface area (Å²) in [6.07, 6.45) is 1.65. The van der Waals surface area contributed by atoms with E-state index in [9.17, 15) is 0 Å². The Balaban J connectivity index is 2.40. The highest BCUT2D eigenvalue weighted by molar-refractivity contribution is 7.11. The Morgan fingerprint density at radius 3 is 2.75 bits per heavy atom. The van der Waals surface area contributed by atoms with Crippen LogP contribution in [-0.2, 0) is 0 Å². The summed E-state index contributed by atoms with van der Waals surface area (Å²) in [5.74, 6) is -1.31. The first kappa shape index (κ1) is 7.47. The van der Waals surface area contributed by atoms with E-state index in [0.717, 1.165) is 0 Å². The second-order valence-electron chi connectivity index (χ2n) is 2.30. The van der Waals surface area contributed by atoms with E-state index in [1.54, 1.807) is 6.20 Å². The zero-order valence-corrected chi connectivity index (χ0v) is 6.82. The van der Waals surface area contributed by atoms with Crippen LogP contribution in [0.4, 0.5) is 0 Å². The minimum atomic E-state index is -1.31. The molecule has 7 heteroatoms. The lowest BCUT2D eigenvalue weighted by Gasteiger charge is -2.11. The van der Waals surface area contributed by atoms with Gasteiger partial charge in [0.05, 0.1) is 0 Å². The third-order valence-corrected chi connectivity index (χ3v) is 2.15. The lowest BCUT2D eigenvalue weighted by atomic mass is 10.2. The maximum absolute atomic E-state index is 5.57. The molecule has 1 aromatic heterocycles. The van der Waals surface area contributed by atoms with Crippen LogP contribution in [0.1, 0.15) is 5.01 Å². The van der Waals surface area contributed by atoms with Gasteiger partial charge in [-0.25, -0.2) is 4.98 Å². The maximum atomic E-state index is 5.57. The molecule has 0 unspecified atom stereocenters. The normalized spacial score (nSPS) is 19.7. The fourth-order valence-electron chi connectivity index (χ4n) is 0.823. The van der Waals surface area contributed by atoms with Crippen molar-refractivity contribution in [2.75, 3.05) is 0 Å². The molecule has 0 fully saturated rings. The molecule has 62 valence electrons. The molecule has 0 amide bonds. The van der Waals surface area contributed by atoms with Gasteiger partial charge in [0, 0.05) is 11.6 Å². The van der Waals surface area contributed by atoms with E-state index in [0.29, 0.717) is 10.7 Å². The largest absolute Gasteiger partial charge is 0.288 e. The molecule has 2 rings (SSSR count). The van der Waals surface area contributed by atoms with Gasteiger partial charge in [-0.2, -0.15) is 0 Å². The van der Waals surface area contributed by atoms with Gasteiger partial charge in [-0.05, 0) is 5.22 Å². The number of thiazole rings is 1. The van der Waals surface area contributed by atoms with Crippen LogP contribution in [0.3, 0.4) is 0 Å². The molecule has 0 bridgehead atoms. The predicted molar refractivity (Wildman–Crippen MR) is 44.6 cm³/mol. The minimum Gasteiger partial charge on any atom is -0.288 e. The van der Waals surface area contributed by atoms with Crippen LogP contribution in [0.25, 0.3) is 0 Å². The van der Waals surface area contributed by atoms with Gasteiger partial charge in [-0.3, -0.25) is 11.5 Å². The Morgan fingerprint density at radius 1 is 1.42 bits per heavy atom. The molecule has 0 aliphatic carbocycles. The summed E-state index contributed by atoms with van der Waals surface area (Å²) in [7, 11) is 0. The highest BCUT2D eigenvalue weighted by Gasteiger charge is 2.33. The number of nitrogens with zero attached hydrogens (tertiary/aromatic N) is 4. The van der Waals surface area contributed by atoms with E-state index in [-0.39, 0.29) is 0 Å². The summed E-state index contributed by atoms with van der Waals surface area (Å²) in [4.78, 5) is 4.00. The summed E-state index contributed by atoms with van der Waals surface area (Å²) in [6, 6.07) is 0. The van der Waals surface area contributed by atoms with E-state index in [2.05, 4.69) is 20.4 Å². The van der Waals surface area contributed by atoms with Crippen LogP contribution in [-0.4, -0.2) is 16.5 Å². The maximum Gasteiger partial charge on any atom is 0.230 e. The molecule has 0 radical (unpaired) electrons. The predicted octanol–water partition coefficient (Wildman–Crippen LogP) is -0.116. The highest BCUT2D eigenvalue weighted by atomic mass is 32.1. The van der Waals surface area contributed by atoms with Crippen molar-refractivity contribution in [3.63, 3.8) is 0 Å². The molecular weight excluding hydrogens is 176 g/mol. The van der Waals surface area contributed by atoms with Gasteiger partial charge in [0.2, 0.25) is 5.79 Å². The topological polar surface area (TPSA) is 102 Å². The van der Waals surface area contributed by atoms with E-state index >= 15 is 0 Å². The second-order valence-corrected chi connectivity index (χ2v) is 3.20. The molecule has 0 atom stereocenters. The van der Waals surface area contributed by atoms with E-state index in [4.69, 9.17) is 11.5 Å². The van der Waals surface area contributed by atoms with Gasteiger partial charge in [0.1, 0.15) is 5.01 Å². The monoisotopic (exact) mass is 182 g/mol. The molecule has 0 spiro atoms. The van der Waals surface area contributed by atoms with Crippen molar-refractivity contribution in [1.29, 1.82) is 0 Å². The van der Waals surface area contributed by atoms with Crippen molar-refractivity contribution in [2.24, 2.45) is 26.9 Å². The summed E-state index contributed by atoms with van der Waals surface area (Å²) in [6.45, 7) is 0. The molecule has 6 nitrogen and oxygen atoms in total. The van der Waals surface area contributed by atoms with Crippen molar-refractivity contribution in [3.8, 4) is 0 Å².